The molecule has 1 N–H and O–H groups in total. The number of rotatable bonds is 5. The number of amides is 1. The maximum Gasteiger partial charge on any atom is 0.238 e. The van der Waals surface area contributed by atoms with Gasteiger partial charge in [0, 0.05) is 6.54 Å². The summed E-state index contributed by atoms with van der Waals surface area (Å²) < 4.78 is 5.26. The Morgan fingerprint density at radius 2 is 2.15 bits per heavy atom. The van der Waals surface area contributed by atoms with Crippen molar-refractivity contribution in [3.8, 4) is 5.75 Å². The minimum atomic E-state index is -0.0428. The van der Waals surface area contributed by atoms with Gasteiger partial charge in [0.05, 0.1) is 13.7 Å². The highest BCUT2D eigenvalue weighted by molar-refractivity contribution is 5.81. The summed E-state index contributed by atoms with van der Waals surface area (Å²) in [6, 6.07) is 7.90. The third-order valence-electron chi connectivity index (χ3n) is 4.11. The molecule has 20 heavy (non-hydrogen) atoms. The molecule has 1 aliphatic heterocycles. The molecule has 0 radical (unpaired) electrons. The van der Waals surface area contributed by atoms with E-state index in [1.807, 2.05) is 29.2 Å². The lowest BCUT2D eigenvalue weighted by molar-refractivity contribution is -0.128. The quantitative estimate of drug-likeness (QED) is 0.898. The Hall–Kier alpha value is -1.55. The Bertz CT molecular complexity index is 473. The van der Waals surface area contributed by atoms with E-state index in [-0.39, 0.29) is 12.1 Å². The summed E-state index contributed by atoms with van der Waals surface area (Å²) in [6.07, 6.45) is -0.0428. The highest BCUT2D eigenvalue weighted by Crippen LogP contribution is 2.27. The van der Waals surface area contributed by atoms with Crippen molar-refractivity contribution in [3.05, 3.63) is 29.8 Å². The minimum Gasteiger partial charge on any atom is -0.497 e. The molecule has 4 heteroatoms. The van der Waals surface area contributed by atoms with E-state index in [1.165, 1.54) is 0 Å². The van der Waals surface area contributed by atoms with E-state index in [2.05, 4.69) is 26.1 Å². The number of methoxy groups -OCH3 is 1. The van der Waals surface area contributed by atoms with Gasteiger partial charge in [0.2, 0.25) is 5.91 Å². The molecular weight excluding hydrogens is 252 g/mol. The van der Waals surface area contributed by atoms with Crippen molar-refractivity contribution in [1.29, 1.82) is 0 Å². The number of nitrogens with one attached hydrogen (secondary N) is 1. The summed E-state index contributed by atoms with van der Waals surface area (Å²) in [7, 11) is 1.66. The molecule has 0 spiro atoms. The molecule has 1 amide bonds. The monoisotopic (exact) mass is 276 g/mol. The van der Waals surface area contributed by atoms with Gasteiger partial charge in [-0.2, -0.15) is 0 Å². The van der Waals surface area contributed by atoms with Gasteiger partial charge in [0.1, 0.15) is 11.9 Å². The molecule has 2 unspecified atom stereocenters. The zero-order valence-corrected chi connectivity index (χ0v) is 12.7. The first kappa shape index (κ1) is 14.9. The molecule has 0 aromatic heterocycles. The summed E-state index contributed by atoms with van der Waals surface area (Å²) >= 11 is 0. The van der Waals surface area contributed by atoms with Crippen LogP contribution in [0.15, 0.2) is 24.3 Å². The van der Waals surface area contributed by atoms with Crippen LogP contribution < -0.4 is 10.1 Å². The standard InChI is InChI=1S/C16H24N2O2/c1-11(2)12(3)10-18-15(19)9-17-16(18)13-6-5-7-14(8-13)20-4/h5-8,11-12,16-17H,9-10H2,1-4H3. The van der Waals surface area contributed by atoms with E-state index >= 15 is 0 Å². The Balaban J connectivity index is 2.18. The predicted octanol–water partition coefficient (Wildman–Crippen LogP) is 2.42. The van der Waals surface area contributed by atoms with E-state index in [0.29, 0.717) is 18.4 Å². The number of carbonyl (C=O) groups is 1. The first-order chi connectivity index (χ1) is 9.52. The Labute approximate surface area is 121 Å². The van der Waals surface area contributed by atoms with Crippen LogP contribution in [0.1, 0.15) is 32.5 Å². The maximum atomic E-state index is 12.1. The molecule has 1 aromatic rings. The van der Waals surface area contributed by atoms with Crippen LogP contribution in [0.2, 0.25) is 0 Å². The van der Waals surface area contributed by atoms with Gasteiger partial charge in [-0.15, -0.1) is 0 Å². The second-order valence-corrected chi connectivity index (χ2v) is 5.83. The smallest absolute Gasteiger partial charge is 0.238 e. The minimum absolute atomic E-state index is 0.0428. The molecule has 0 saturated carbocycles. The predicted molar refractivity (Wildman–Crippen MR) is 79.5 cm³/mol. The number of nitrogens with zero attached hydrogens (tertiary/aromatic N) is 1. The van der Waals surface area contributed by atoms with Gasteiger partial charge in [-0.1, -0.05) is 32.9 Å². The van der Waals surface area contributed by atoms with Crippen LogP contribution >= 0.6 is 0 Å². The third kappa shape index (κ3) is 3.12. The number of hydrogen-bond donors (Lipinski definition) is 1. The molecule has 2 rings (SSSR count). The van der Waals surface area contributed by atoms with Gasteiger partial charge < -0.3 is 9.64 Å². The molecule has 4 nitrogen and oxygen atoms in total. The van der Waals surface area contributed by atoms with E-state index in [4.69, 9.17) is 4.74 Å². The van der Waals surface area contributed by atoms with E-state index < -0.39 is 0 Å². The molecule has 1 fully saturated rings. The van der Waals surface area contributed by atoms with Gasteiger partial charge in [-0.25, -0.2) is 0 Å². The highest BCUT2D eigenvalue weighted by atomic mass is 16.5. The molecule has 1 heterocycles. The summed E-state index contributed by atoms with van der Waals surface area (Å²) in [4.78, 5) is 14.0. The first-order valence-electron chi connectivity index (χ1n) is 7.19. The highest BCUT2D eigenvalue weighted by Gasteiger charge is 2.32. The fourth-order valence-corrected chi connectivity index (χ4v) is 2.38. The lowest BCUT2D eigenvalue weighted by Crippen LogP contribution is -2.35. The first-order valence-corrected chi connectivity index (χ1v) is 7.19. The van der Waals surface area contributed by atoms with Crippen molar-refractivity contribution in [2.75, 3.05) is 20.2 Å². The van der Waals surface area contributed by atoms with Crippen molar-refractivity contribution in [2.45, 2.75) is 26.9 Å². The molecule has 0 aliphatic carbocycles. The SMILES string of the molecule is COc1cccc(C2NCC(=O)N2CC(C)C(C)C)c1. The van der Waals surface area contributed by atoms with Gasteiger partial charge in [0.25, 0.3) is 0 Å². The van der Waals surface area contributed by atoms with Crippen LogP contribution in [-0.2, 0) is 4.79 Å². The topological polar surface area (TPSA) is 41.6 Å². The number of ether oxygens (including phenoxy) is 1. The van der Waals surface area contributed by atoms with Crippen LogP contribution in [0.25, 0.3) is 0 Å². The van der Waals surface area contributed by atoms with Crippen molar-refractivity contribution in [2.24, 2.45) is 11.8 Å². The largest absolute Gasteiger partial charge is 0.497 e. The second kappa shape index (κ2) is 6.27. The third-order valence-corrected chi connectivity index (χ3v) is 4.11. The van der Waals surface area contributed by atoms with Gasteiger partial charge in [0.15, 0.2) is 0 Å². The van der Waals surface area contributed by atoms with Crippen LogP contribution in [0.5, 0.6) is 5.75 Å². The normalized spacial score (nSPS) is 20.6. The molecule has 2 atom stereocenters. The lowest BCUT2D eigenvalue weighted by Gasteiger charge is -2.29. The number of benzene rings is 1. The zero-order valence-electron chi connectivity index (χ0n) is 12.7. The second-order valence-electron chi connectivity index (χ2n) is 5.83. The summed E-state index contributed by atoms with van der Waals surface area (Å²) in [5.74, 6) is 2.03. The molecule has 1 aliphatic rings. The fraction of sp³-hybridized carbons (Fsp3) is 0.562. The Kier molecular flexibility index (Phi) is 4.65. The van der Waals surface area contributed by atoms with E-state index in [0.717, 1.165) is 17.9 Å². The van der Waals surface area contributed by atoms with E-state index in [1.54, 1.807) is 7.11 Å². The van der Waals surface area contributed by atoms with Crippen LogP contribution in [0.3, 0.4) is 0 Å². The van der Waals surface area contributed by atoms with Crippen LogP contribution in [-0.4, -0.2) is 31.0 Å². The average molecular weight is 276 g/mol. The van der Waals surface area contributed by atoms with Crippen LogP contribution in [0, 0.1) is 11.8 Å². The lowest BCUT2D eigenvalue weighted by atomic mass is 9.97. The summed E-state index contributed by atoms with van der Waals surface area (Å²) in [6.45, 7) is 7.77. The van der Waals surface area contributed by atoms with Crippen molar-refractivity contribution in [3.63, 3.8) is 0 Å². The van der Waals surface area contributed by atoms with Crippen molar-refractivity contribution in [1.82, 2.24) is 10.2 Å². The van der Waals surface area contributed by atoms with Gasteiger partial charge in [-0.3, -0.25) is 10.1 Å². The van der Waals surface area contributed by atoms with Gasteiger partial charge >= 0.3 is 0 Å². The molecule has 1 saturated heterocycles. The summed E-state index contributed by atoms with van der Waals surface area (Å²) in [5.41, 5.74) is 1.08. The fourth-order valence-electron chi connectivity index (χ4n) is 2.38. The summed E-state index contributed by atoms with van der Waals surface area (Å²) in [5, 5.41) is 3.29. The Morgan fingerprint density at radius 1 is 1.40 bits per heavy atom. The van der Waals surface area contributed by atoms with Crippen molar-refractivity contribution < 1.29 is 9.53 Å². The molecule has 0 bridgehead atoms. The Morgan fingerprint density at radius 3 is 2.80 bits per heavy atom. The zero-order chi connectivity index (χ0) is 14.7. The average Bonchev–Trinajstić information content (AvgIpc) is 2.80. The molecule has 1 aromatic carbocycles. The van der Waals surface area contributed by atoms with Crippen molar-refractivity contribution >= 4 is 5.91 Å². The van der Waals surface area contributed by atoms with Crippen LogP contribution in [0.4, 0.5) is 0 Å². The molecular formula is C16H24N2O2. The maximum absolute atomic E-state index is 12.1. The molecule has 110 valence electrons. The van der Waals surface area contributed by atoms with Gasteiger partial charge in [-0.05, 0) is 29.5 Å². The van der Waals surface area contributed by atoms with E-state index in [9.17, 15) is 4.79 Å². The number of carbonyl (C=O) groups excluding carboxylic acids is 1. The number of hydrogen-bond acceptors (Lipinski definition) is 3.